The zero-order valence-corrected chi connectivity index (χ0v) is 72.0. The molecule has 0 bridgehead atoms. The highest BCUT2D eigenvalue weighted by atomic mass is 16.6. The fourth-order valence-electron chi connectivity index (χ4n) is 15.9. The van der Waals surface area contributed by atoms with E-state index in [9.17, 15) is 29.7 Å². The number of aliphatic hydroxyl groups excluding tert-OH is 2. The minimum atomic E-state index is -0.468. The summed E-state index contributed by atoms with van der Waals surface area (Å²) in [6.45, 7) is 27.2. The molecule has 7 aliphatic rings. The highest BCUT2D eigenvalue weighted by molar-refractivity contribution is 5.87. The lowest BCUT2D eigenvalue weighted by molar-refractivity contribution is 0.0171. The van der Waals surface area contributed by atoms with Gasteiger partial charge in [0.05, 0.1) is 78.1 Å². The molecule has 642 valence electrons. The predicted octanol–water partition coefficient (Wildman–Crippen LogP) is 17.2. The van der Waals surface area contributed by atoms with E-state index in [1.807, 2.05) is 84.2 Å². The monoisotopic (exact) mass is 1620 g/mol. The highest BCUT2D eigenvalue weighted by Crippen LogP contribution is 2.41. The molecule has 8 aromatic rings. The van der Waals surface area contributed by atoms with E-state index in [1.165, 1.54) is 57.8 Å². The Balaban J connectivity index is 0.000000144. The molecule has 0 unspecified atom stereocenters. The number of hydrogen-bond acceptors (Lipinski definition) is 23. The molecule has 7 fully saturated rings. The molecular formula is C91H132N10O16. The van der Waals surface area contributed by atoms with Crippen LogP contribution in [0.4, 0.5) is 14.4 Å². The average Bonchev–Trinajstić information content (AvgIpc) is 1.70. The molecule has 4 aromatic carbocycles. The maximum atomic E-state index is 12.3. The molecule has 26 nitrogen and oxygen atoms in total. The van der Waals surface area contributed by atoms with Gasteiger partial charge in [0, 0.05) is 73.9 Å². The number of benzene rings is 4. The lowest BCUT2D eigenvalue weighted by Crippen LogP contribution is -2.41. The zero-order valence-electron chi connectivity index (χ0n) is 72.0. The van der Waals surface area contributed by atoms with Gasteiger partial charge in [0.15, 0.2) is 22.3 Å². The number of nitrogens with zero attached hydrogens (tertiary/aromatic N) is 9. The van der Waals surface area contributed by atoms with Gasteiger partial charge in [-0.2, -0.15) is 0 Å². The molecule has 4 aromatic heterocycles. The van der Waals surface area contributed by atoms with Crippen LogP contribution in [-0.2, 0) is 66.2 Å². The molecule has 3 amide bonds. The average molecular weight is 1620 g/mol. The van der Waals surface area contributed by atoms with Crippen molar-refractivity contribution >= 4 is 62.2 Å². The summed E-state index contributed by atoms with van der Waals surface area (Å²) in [7, 11) is 8.28. The van der Waals surface area contributed by atoms with Crippen molar-refractivity contribution in [1.82, 2.24) is 50.4 Å². The van der Waals surface area contributed by atoms with Crippen LogP contribution in [0.15, 0.2) is 66.6 Å². The molecule has 0 radical (unpaired) electrons. The van der Waals surface area contributed by atoms with Crippen molar-refractivity contribution in [2.24, 2.45) is 41.4 Å². The van der Waals surface area contributed by atoms with E-state index in [2.05, 4.69) is 88.2 Å². The molecule has 3 saturated carbocycles. The number of aryl methyl sites for hydroxylation is 4. The van der Waals surface area contributed by atoms with E-state index in [0.29, 0.717) is 77.3 Å². The van der Waals surface area contributed by atoms with Crippen LogP contribution in [0.3, 0.4) is 0 Å². The first kappa shape index (κ1) is 87.9. The third kappa shape index (κ3) is 25.6. The van der Waals surface area contributed by atoms with Gasteiger partial charge in [-0.05, 0) is 335 Å². The smallest absolute Gasteiger partial charge is 0.410 e. The van der Waals surface area contributed by atoms with Gasteiger partial charge in [-0.3, -0.25) is 0 Å². The van der Waals surface area contributed by atoms with Crippen molar-refractivity contribution in [3.63, 3.8) is 0 Å². The maximum Gasteiger partial charge on any atom is 0.410 e. The van der Waals surface area contributed by atoms with Gasteiger partial charge in [-0.25, -0.2) is 14.4 Å². The molecule has 0 atom stereocenters. The fourth-order valence-corrected chi connectivity index (χ4v) is 15.9. The number of likely N-dealkylation sites (tertiary alicyclic amines) is 3. The number of phenols is 1. The fraction of sp³-hybridized carbons (Fsp3) is 0.659. The topological polar surface area (TPSA) is 300 Å². The molecule has 8 heterocycles. The van der Waals surface area contributed by atoms with Gasteiger partial charge in [-0.15, -0.1) is 0 Å². The summed E-state index contributed by atoms with van der Waals surface area (Å²) in [6, 6.07) is 15.7. The number of hydrogen-bond donors (Lipinski definition) is 4. The zero-order chi connectivity index (χ0) is 83.1. The second-order valence-electron chi connectivity index (χ2n) is 37.3. The molecule has 4 aliphatic heterocycles. The standard InChI is InChI=1S/C26H39N3O4.C24H34N2O5.C21H31N3O2.C20H28N2O5/c1-26(2,3)32-25(30)29-14-12-18(13-15-29)8-10-22-20-9-11-23(31-17-19-6-7-19)21(16-28(4)5)24(20)33-27-22;1-24(2,3)30-23(28)26-12-10-16(11-13-26)6-8-20-18-7-9-21(29-15-17-4-5-17)19(14-27)22(18)31-25-20;1-24(2)13-18-20(25-14-16-3-4-16)8-6-17-19(23-26-21(17)18)7-5-15-9-11-22-12-10-15;1-20(2,3)26-19(25)22-10-8-13(9-11-22)4-6-16-14-5-7-17(24)15(12-23)18(14)27-21-16/h9,11,18-19H,6-8,10,12-17H2,1-5H3;7,9,16-17,27H,4-6,8,10-15H2,1-3H3;6,8,15-16,22H,3-5,7,9-14H2,1-2H3;5,7,13,23-24H,4,6,8-12H2,1-3H3. The summed E-state index contributed by atoms with van der Waals surface area (Å²) in [5, 5.41) is 53.9. The van der Waals surface area contributed by atoms with Crippen LogP contribution in [0.25, 0.3) is 43.9 Å². The second-order valence-corrected chi connectivity index (χ2v) is 37.3. The Hall–Kier alpha value is -8.43. The van der Waals surface area contributed by atoms with Crippen molar-refractivity contribution in [1.29, 1.82) is 0 Å². The van der Waals surface area contributed by atoms with Gasteiger partial charge in [0.25, 0.3) is 0 Å². The van der Waals surface area contributed by atoms with Crippen molar-refractivity contribution < 1.29 is 76.2 Å². The third-order valence-corrected chi connectivity index (χ3v) is 23.3. The number of carbonyl (C=O) groups excluding carboxylic acids is 3. The summed E-state index contributed by atoms with van der Waals surface area (Å²) in [4.78, 5) is 46.4. The molecule has 0 spiro atoms. The van der Waals surface area contributed by atoms with E-state index < -0.39 is 16.8 Å². The minimum absolute atomic E-state index is 0.0159. The third-order valence-electron chi connectivity index (χ3n) is 23.3. The summed E-state index contributed by atoms with van der Waals surface area (Å²) in [5.74, 6) is 7.14. The number of amides is 3. The lowest BCUT2D eigenvalue weighted by atomic mass is 9.91. The molecule has 4 N–H and O–H groups in total. The quantitative estimate of drug-likeness (QED) is 0.0348. The predicted molar refractivity (Wildman–Crippen MR) is 449 cm³/mol. The number of aromatic nitrogens is 4. The first-order valence-corrected chi connectivity index (χ1v) is 43.4. The van der Waals surface area contributed by atoms with E-state index in [0.717, 1.165) is 239 Å². The molecular weight excluding hydrogens is 1490 g/mol. The Morgan fingerprint density at radius 1 is 0.393 bits per heavy atom. The summed E-state index contributed by atoms with van der Waals surface area (Å²) in [5.41, 5.74) is 8.63. The van der Waals surface area contributed by atoms with Gasteiger partial charge in [0.1, 0.15) is 39.8 Å². The van der Waals surface area contributed by atoms with E-state index >= 15 is 0 Å². The number of rotatable bonds is 27. The van der Waals surface area contributed by atoms with Crippen LogP contribution in [0.2, 0.25) is 0 Å². The largest absolute Gasteiger partial charge is 0.507 e. The van der Waals surface area contributed by atoms with Gasteiger partial charge in [-0.1, -0.05) is 20.6 Å². The van der Waals surface area contributed by atoms with Crippen molar-refractivity contribution in [3.8, 4) is 23.0 Å². The van der Waals surface area contributed by atoms with E-state index in [-0.39, 0.29) is 37.2 Å². The summed E-state index contributed by atoms with van der Waals surface area (Å²) in [6.07, 6.45) is 23.0. The van der Waals surface area contributed by atoms with Gasteiger partial charge in [0.2, 0.25) is 0 Å². The van der Waals surface area contributed by atoms with E-state index in [1.54, 1.807) is 17.0 Å². The van der Waals surface area contributed by atoms with Crippen molar-refractivity contribution in [2.75, 3.05) is 100 Å². The van der Waals surface area contributed by atoms with Crippen LogP contribution < -0.4 is 19.5 Å². The van der Waals surface area contributed by atoms with Crippen molar-refractivity contribution in [2.45, 2.75) is 247 Å². The van der Waals surface area contributed by atoms with Crippen LogP contribution >= 0.6 is 0 Å². The Labute approximate surface area is 690 Å². The van der Waals surface area contributed by atoms with Crippen LogP contribution in [0, 0.1) is 41.4 Å². The lowest BCUT2D eigenvalue weighted by Gasteiger charge is -2.33. The molecule has 26 heteroatoms. The molecule has 4 saturated heterocycles. The number of ether oxygens (including phenoxy) is 6. The SMILES string of the molecule is CC(C)(C)OC(=O)N1CCC(CCc2noc3c(CO)c(O)ccc23)CC1.CC(C)(C)OC(=O)N1CCC(CCc2noc3c(CO)c(OCC4CC4)ccc23)CC1.CN(C)Cc1c(OCC2CC2)ccc2c(CCC3CCN(C(=O)OC(C)(C)C)CC3)noc12.CN(C)Cc1c(OCC2CC2)ccc2c(CCC3CCNCC3)noc12. The molecule has 3 aliphatic carbocycles. The Morgan fingerprint density at radius 3 is 0.949 bits per heavy atom. The molecule has 15 rings (SSSR count). The normalized spacial score (nSPS) is 17.6. The summed E-state index contributed by atoms with van der Waals surface area (Å²) < 4.78 is 57.2. The number of carbonyl (C=O) groups is 3. The Bertz CT molecular complexity index is 4520. The molecule has 117 heavy (non-hydrogen) atoms. The van der Waals surface area contributed by atoms with Crippen LogP contribution in [-0.4, -0.2) is 196 Å². The first-order valence-electron chi connectivity index (χ1n) is 43.4. The van der Waals surface area contributed by atoms with Crippen LogP contribution in [0.1, 0.15) is 223 Å². The van der Waals surface area contributed by atoms with Gasteiger partial charge < -0.3 is 91.6 Å². The van der Waals surface area contributed by atoms with E-state index in [4.69, 9.17) is 46.5 Å². The number of aliphatic hydroxyl groups is 2. The highest BCUT2D eigenvalue weighted by Gasteiger charge is 2.34. The number of nitrogens with one attached hydrogen (secondary N) is 1. The number of aromatic hydroxyl groups is 1. The van der Waals surface area contributed by atoms with Crippen LogP contribution in [0.5, 0.6) is 23.0 Å². The second kappa shape index (κ2) is 40.1. The van der Waals surface area contributed by atoms with Crippen molar-refractivity contribution in [3.05, 3.63) is 93.6 Å². The Morgan fingerprint density at radius 2 is 0.667 bits per heavy atom. The van der Waals surface area contributed by atoms with Gasteiger partial charge >= 0.3 is 18.3 Å². The maximum absolute atomic E-state index is 12.3. The minimum Gasteiger partial charge on any atom is -0.507 e. The Kier molecular flexibility index (Phi) is 30.1. The number of fused-ring (bicyclic) bond motifs is 4. The number of piperidine rings is 4. The summed E-state index contributed by atoms with van der Waals surface area (Å²) >= 11 is 0. The first-order chi connectivity index (χ1) is 56.0.